The van der Waals surface area contributed by atoms with Crippen molar-refractivity contribution in [2.24, 2.45) is 0 Å². The molecule has 22 heavy (non-hydrogen) atoms. The summed E-state index contributed by atoms with van der Waals surface area (Å²) in [6, 6.07) is 8.95. The lowest BCUT2D eigenvalue weighted by Gasteiger charge is -2.02. The summed E-state index contributed by atoms with van der Waals surface area (Å²) in [5, 5.41) is 5.96. The molecule has 0 aliphatic carbocycles. The van der Waals surface area contributed by atoms with E-state index in [0.717, 1.165) is 17.3 Å². The summed E-state index contributed by atoms with van der Waals surface area (Å²) >= 11 is 1.64. The molecule has 118 valence electrons. The second kappa shape index (κ2) is 8.66. The first-order chi connectivity index (χ1) is 10.7. The maximum Gasteiger partial charge on any atom is 0.207 e. The lowest BCUT2D eigenvalue weighted by atomic mass is 10.1. The van der Waals surface area contributed by atoms with Gasteiger partial charge in [0.05, 0.1) is 16.1 Å². The molecule has 0 spiro atoms. The Morgan fingerprint density at radius 2 is 2.18 bits per heavy atom. The topological polar surface area (TPSA) is 54.0 Å². The van der Waals surface area contributed by atoms with Crippen molar-refractivity contribution in [3.8, 4) is 10.4 Å². The Morgan fingerprint density at radius 1 is 1.41 bits per heavy atom. The molecule has 2 aromatic rings. The molecular formula is C17H23N3OS. The molecule has 2 N–H and O–H groups in total. The Morgan fingerprint density at radius 3 is 2.64 bits per heavy atom. The van der Waals surface area contributed by atoms with Crippen molar-refractivity contribution < 1.29 is 4.79 Å². The van der Waals surface area contributed by atoms with Crippen molar-refractivity contribution in [2.75, 3.05) is 6.54 Å². The summed E-state index contributed by atoms with van der Waals surface area (Å²) in [5.41, 5.74) is 5.18. The van der Waals surface area contributed by atoms with Gasteiger partial charge in [-0.1, -0.05) is 24.3 Å². The minimum Gasteiger partial charge on any atom is -0.355 e. The van der Waals surface area contributed by atoms with E-state index in [1.165, 1.54) is 29.8 Å². The standard InChI is InChI=1S/C12H12N2OS.C5H11N/c1-9-12(16-8-14-9)11-4-2-10(3-5-11)6-13-7-15;1-5-3-2-4-6-5/h2-5,7-8H,6H2,1H3,(H,13,15);5-6H,2-4H2,1H3. The Labute approximate surface area is 136 Å². The smallest absolute Gasteiger partial charge is 0.207 e. The average molecular weight is 317 g/mol. The zero-order valence-corrected chi connectivity index (χ0v) is 14.0. The first-order valence-corrected chi connectivity index (χ1v) is 8.48. The summed E-state index contributed by atoms with van der Waals surface area (Å²) in [6.07, 6.45) is 3.46. The molecule has 2 heterocycles. The molecule has 1 aromatic carbocycles. The van der Waals surface area contributed by atoms with Crippen LogP contribution in [-0.2, 0) is 11.3 Å². The molecule has 1 amide bonds. The second-order valence-corrected chi connectivity index (χ2v) is 6.31. The number of aromatic nitrogens is 1. The van der Waals surface area contributed by atoms with Gasteiger partial charge in [0.2, 0.25) is 6.41 Å². The number of benzene rings is 1. The van der Waals surface area contributed by atoms with E-state index in [2.05, 4.69) is 34.7 Å². The number of aryl methyl sites for hydroxylation is 1. The fraction of sp³-hybridized carbons (Fsp3) is 0.412. The molecule has 1 aromatic heterocycles. The van der Waals surface area contributed by atoms with Gasteiger partial charge in [-0.3, -0.25) is 4.79 Å². The maximum atomic E-state index is 10.2. The minimum atomic E-state index is 0.575. The van der Waals surface area contributed by atoms with E-state index in [9.17, 15) is 4.79 Å². The number of carbonyl (C=O) groups excluding carboxylic acids is 1. The highest BCUT2D eigenvalue weighted by atomic mass is 32.1. The van der Waals surface area contributed by atoms with Gasteiger partial charge in [0.25, 0.3) is 0 Å². The van der Waals surface area contributed by atoms with Gasteiger partial charge in [0.15, 0.2) is 0 Å². The number of nitrogens with one attached hydrogen (secondary N) is 2. The molecule has 1 fully saturated rings. The van der Waals surface area contributed by atoms with Crippen LogP contribution < -0.4 is 10.6 Å². The van der Waals surface area contributed by atoms with Crippen LogP contribution in [0.1, 0.15) is 31.0 Å². The predicted octanol–water partition coefficient (Wildman–Crippen LogP) is 3.12. The van der Waals surface area contributed by atoms with E-state index in [0.29, 0.717) is 13.0 Å². The van der Waals surface area contributed by atoms with Crippen LogP contribution in [0.25, 0.3) is 10.4 Å². The molecule has 4 nitrogen and oxygen atoms in total. The van der Waals surface area contributed by atoms with Crippen LogP contribution in [0, 0.1) is 6.92 Å². The largest absolute Gasteiger partial charge is 0.355 e. The van der Waals surface area contributed by atoms with Crippen LogP contribution in [0.3, 0.4) is 0 Å². The highest BCUT2D eigenvalue weighted by Crippen LogP contribution is 2.27. The van der Waals surface area contributed by atoms with E-state index < -0.39 is 0 Å². The van der Waals surface area contributed by atoms with Crippen molar-refractivity contribution in [3.63, 3.8) is 0 Å². The zero-order chi connectivity index (χ0) is 15.8. The van der Waals surface area contributed by atoms with Gasteiger partial charge in [0.1, 0.15) is 0 Å². The first kappa shape index (κ1) is 16.6. The molecule has 0 bridgehead atoms. The van der Waals surface area contributed by atoms with Crippen LogP contribution in [0.5, 0.6) is 0 Å². The summed E-state index contributed by atoms with van der Waals surface area (Å²) in [5.74, 6) is 0. The Balaban J connectivity index is 0.000000246. The number of rotatable bonds is 4. The molecular weight excluding hydrogens is 294 g/mol. The van der Waals surface area contributed by atoms with E-state index in [1.807, 2.05) is 24.6 Å². The molecule has 5 heteroatoms. The fourth-order valence-electron chi connectivity index (χ4n) is 2.37. The van der Waals surface area contributed by atoms with Crippen molar-refractivity contribution in [3.05, 3.63) is 41.0 Å². The Bertz CT molecular complexity index is 574. The third-order valence-electron chi connectivity index (χ3n) is 3.66. The number of hydrogen-bond acceptors (Lipinski definition) is 4. The Kier molecular flexibility index (Phi) is 6.55. The molecule has 3 rings (SSSR count). The highest BCUT2D eigenvalue weighted by molar-refractivity contribution is 7.13. The summed E-state index contributed by atoms with van der Waals surface area (Å²) in [7, 11) is 0. The number of carbonyl (C=O) groups is 1. The SMILES string of the molecule is CC1CCCN1.Cc1ncsc1-c1ccc(CNC=O)cc1. The van der Waals surface area contributed by atoms with E-state index in [1.54, 1.807) is 11.3 Å². The monoisotopic (exact) mass is 317 g/mol. The lowest BCUT2D eigenvalue weighted by Crippen LogP contribution is -2.16. The van der Waals surface area contributed by atoms with Gasteiger partial charge in [-0.2, -0.15) is 0 Å². The van der Waals surface area contributed by atoms with Gasteiger partial charge in [-0.25, -0.2) is 4.98 Å². The molecule has 1 unspecified atom stereocenters. The van der Waals surface area contributed by atoms with Crippen molar-refractivity contribution >= 4 is 17.7 Å². The number of nitrogens with zero attached hydrogens (tertiary/aromatic N) is 1. The normalized spacial score (nSPS) is 16.7. The zero-order valence-electron chi connectivity index (χ0n) is 13.1. The predicted molar refractivity (Wildman–Crippen MR) is 91.9 cm³/mol. The number of thiazole rings is 1. The fourth-order valence-corrected chi connectivity index (χ4v) is 3.18. The second-order valence-electron chi connectivity index (χ2n) is 5.46. The first-order valence-electron chi connectivity index (χ1n) is 7.60. The van der Waals surface area contributed by atoms with E-state index in [-0.39, 0.29) is 0 Å². The lowest BCUT2D eigenvalue weighted by molar-refractivity contribution is -0.109. The molecule has 1 aliphatic heterocycles. The quantitative estimate of drug-likeness (QED) is 0.852. The van der Waals surface area contributed by atoms with Gasteiger partial charge >= 0.3 is 0 Å². The highest BCUT2D eigenvalue weighted by Gasteiger charge is 2.05. The van der Waals surface area contributed by atoms with Crippen LogP contribution in [0.15, 0.2) is 29.8 Å². The molecule has 1 atom stereocenters. The van der Waals surface area contributed by atoms with Crippen LogP contribution in [0.2, 0.25) is 0 Å². The van der Waals surface area contributed by atoms with Gasteiger partial charge < -0.3 is 10.6 Å². The summed E-state index contributed by atoms with van der Waals surface area (Å²) in [4.78, 5) is 15.6. The average Bonchev–Trinajstić information content (AvgIpc) is 3.17. The van der Waals surface area contributed by atoms with Crippen LogP contribution in [0.4, 0.5) is 0 Å². The maximum absolute atomic E-state index is 10.2. The van der Waals surface area contributed by atoms with E-state index >= 15 is 0 Å². The van der Waals surface area contributed by atoms with Crippen molar-refractivity contribution in [2.45, 2.75) is 39.3 Å². The van der Waals surface area contributed by atoms with Gasteiger partial charge in [-0.15, -0.1) is 11.3 Å². The molecule has 0 saturated carbocycles. The van der Waals surface area contributed by atoms with Crippen LogP contribution >= 0.6 is 11.3 Å². The molecule has 1 saturated heterocycles. The molecule has 1 aliphatic rings. The number of amides is 1. The van der Waals surface area contributed by atoms with Crippen molar-refractivity contribution in [1.29, 1.82) is 0 Å². The summed E-state index contributed by atoms with van der Waals surface area (Å²) < 4.78 is 0. The number of hydrogen-bond donors (Lipinski definition) is 2. The van der Waals surface area contributed by atoms with Crippen LogP contribution in [-0.4, -0.2) is 24.0 Å². The minimum absolute atomic E-state index is 0.575. The molecule has 0 radical (unpaired) electrons. The van der Waals surface area contributed by atoms with Gasteiger partial charge in [0, 0.05) is 12.6 Å². The third kappa shape index (κ3) is 4.93. The third-order valence-corrected chi connectivity index (χ3v) is 4.64. The van der Waals surface area contributed by atoms with E-state index in [4.69, 9.17) is 0 Å². The van der Waals surface area contributed by atoms with Gasteiger partial charge in [-0.05, 0) is 44.4 Å². The van der Waals surface area contributed by atoms with Crippen molar-refractivity contribution in [1.82, 2.24) is 15.6 Å². The summed E-state index contributed by atoms with van der Waals surface area (Å²) in [6.45, 7) is 6.05. The Hall–Kier alpha value is -1.72.